The van der Waals surface area contributed by atoms with Crippen molar-refractivity contribution >= 4 is 11.6 Å². The molecule has 25 heavy (non-hydrogen) atoms. The quantitative estimate of drug-likeness (QED) is 0.667. The van der Waals surface area contributed by atoms with Crippen LogP contribution in [0.25, 0.3) is 0 Å². The Bertz CT molecular complexity index is 679. The molecule has 3 heteroatoms. The average Bonchev–Trinajstić information content (AvgIpc) is 2.66. The summed E-state index contributed by atoms with van der Waals surface area (Å²) in [5, 5.41) is 2.97. The molecule has 0 aliphatic heterocycles. The van der Waals surface area contributed by atoms with Gasteiger partial charge in [0, 0.05) is 5.69 Å². The number of benzene rings is 2. The Kier molecular flexibility index (Phi) is 7.05. The summed E-state index contributed by atoms with van der Waals surface area (Å²) >= 11 is 0. The molecule has 2 aromatic carbocycles. The predicted octanol–water partition coefficient (Wildman–Crippen LogP) is 5.73. The van der Waals surface area contributed by atoms with Crippen molar-refractivity contribution in [1.82, 2.24) is 0 Å². The smallest absolute Gasteiger partial charge is 0.262 e. The fourth-order valence-electron chi connectivity index (χ4n) is 2.72. The van der Waals surface area contributed by atoms with Gasteiger partial charge in [0.15, 0.2) is 6.61 Å². The van der Waals surface area contributed by atoms with Gasteiger partial charge in [-0.2, -0.15) is 0 Å². The van der Waals surface area contributed by atoms with Crippen molar-refractivity contribution in [2.45, 2.75) is 52.4 Å². The number of ether oxygens (including phenoxy) is 1. The van der Waals surface area contributed by atoms with Crippen molar-refractivity contribution in [3.8, 4) is 5.75 Å². The van der Waals surface area contributed by atoms with Gasteiger partial charge in [-0.1, -0.05) is 58.0 Å². The Labute approximate surface area is 151 Å². The van der Waals surface area contributed by atoms with Crippen molar-refractivity contribution in [3.05, 3.63) is 59.7 Å². The van der Waals surface area contributed by atoms with E-state index in [1.807, 2.05) is 30.3 Å². The van der Waals surface area contributed by atoms with E-state index in [2.05, 4.69) is 51.2 Å². The van der Waals surface area contributed by atoms with Crippen LogP contribution in [0.15, 0.2) is 48.5 Å². The molecule has 134 valence electrons. The molecule has 0 heterocycles. The van der Waals surface area contributed by atoms with Crippen LogP contribution < -0.4 is 10.1 Å². The van der Waals surface area contributed by atoms with E-state index in [9.17, 15) is 4.79 Å². The van der Waals surface area contributed by atoms with E-state index >= 15 is 0 Å². The summed E-state index contributed by atoms with van der Waals surface area (Å²) in [4.78, 5) is 12.2. The fourth-order valence-corrected chi connectivity index (χ4v) is 2.72. The van der Waals surface area contributed by atoms with E-state index in [1.54, 1.807) is 0 Å². The lowest BCUT2D eigenvalue weighted by Crippen LogP contribution is -2.21. The largest absolute Gasteiger partial charge is 0.484 e. The molecular formula is C22H29NO2. The Morgan fingerprint density at radius 2 is 1.60 bits per heavy atom. The molecular weight excluding hydrogens is 310 g/mol. The summed E-state index contributed by atoms with van der Waals surface area (Å²) in [6, 6.07) is 16.0. The van der Waals surface area contributed by atoms with Crippen LogP contribution in [0.2, 0.25) is 0 Å². The number of anilines is 1. The molecule has 0 spiro atoms. The number of hydrogen-bond donors (Lipinski definition) is 1. The molecule has 2 aromatic rings. The summed E-state index contributed by atoms with van der Waals surface area (Å²) in [7, 11) is 0. The molecule has 0 saturated heterocycles. The van der Waals surface area contributed by atoms with Crippen molar-refractivity contribution < 1.29 is 9.53 Å². The van der Waals surface area contributed by atoms with Crippen LogP contribution in [0, 0.1) is 0 Å². The molecule has 2 atom stereocenters. The Morgan fingerprint density at radius 3 is 2.24 bits per heavy atom. The first-order valence-corrected chi connectivity index (χ1v) is 9.16. The van der Waals surface area contributed by atoms with Gasteiger partial charge in [-0.3, -0.25) is 4.79 Å². The van der Waals surface area contributed by atoms with Crippen LogP contribution in [0.5, 0.6) is 5.75 Å². The molecule has 0 unspecified atom stereocenters. The third-order valence-electron chi connectivity index (χ3n) is 4.81. The van der Waals surface area contributed by atoms with Crippen LogP contribution >= 0.6 is 0 Å². The molecule has 3 nitrogen and oxygen atoms in total. The summed E-state index contributed by atoms with van der Waals surface area (Å²) < 4.78 is 5.62. The highest BCUT2D eigenvalue weighted by Crippen LogP contribution is 2.26. The summed E-state index contributed by atoms with van der Waals surface area (Å²) in [6.07, 6.45) is 2.14. The molecule has 1 amide bonds. The van der Waals surface area contributed by atoms with Crippen molar-refractivity contribution in [1.29, 1.82) is 0 Å². The number of amides is 1. The lowest BCUT2D eigenvalue weighted by atomic mass is 9.97. The molecule has 0 fully saturated rings. The Hall–Kier alpha value is -2.29. The number of carbonyl (C=O) groups excluding carboxylic acids is 1. The van der Waals surface area contributed by atoms with Gasteiger partial charge in [0.25, 0.3) is 5.91 Å². The highest BCUT2D eigenvalue weighted by molar-refractivity contribution is 5.92. The molecule has 0 aliphatic carbocycles. The SMILES string of the molecule is CC[C@H](C)c1ccc(OCC(=O)Nc2ccccc2[C@@H](C)CC)cc1. The molecule has 1 N–H and O–H groups in total. The van der Waals surface area contributed by atoms with Crippen LogP contribution in [-0.4, -0.2) is 12.5 Å². The molecule has 2 rings (SSSR count). The maximum atomic E-state index is 12.2. The van der Waals surface area contributed by atoms with Gasteiger partial charge >= 0.3 is 0 Å². The highest BCUT2D eigenvalue weighted by atomic mass is 16.5. The maximum absolute atomic E-state index is 12.2. The van der Waals surface area contributed by atoms with Crippen molar-refractivity contribution in [2.24, 2.45) is 0 Å². The number of para-hydroxylation sites is 1. The third-order valence-corrected chi connectivity index (χ3v) is 4.81. The molecule has 0 aliphatic rings. The van der Waals surface area contributed by atoms with E-state index in [0.717, 1.165) is 29.8 Å². The summed E-state index contributed by atoms with van der Waals surface area (Å²) in [5.74, 6) is 1.53. The Morgan fingerprint density at radius 1 is 0.960 bits per heavy atom. The van der Waals surface area contributed by atoms with Crippen LogP contribution in [0.3, 0.4) is 0 Å². The number of rotatable bonds is 8. The monoisotopic (exact) mass is 339 g/mol. The van der Waals surface area contributed by atoms with Crippen LogP contribution in [0.4, 0.5) is 5.69 Å². The molecule has 0 saturated carbocycles. The second kappa shape index (κ2) is 9.26. The van der Waals surface area contributed by atoms with Gasteiger partial charge in [-0.25, -0.2) is 0 Å². The summed E-state index contributed by atoms with van der Waals surface area (Å²) in [5.41, 5.74) is 3.33. The zero-order valence-corrected chi connectivity index (χ0v) is 15.7. The average molecular weight is 339 g/mol. The predicted molar refractivity (Wildman–Crippen MR) is 104 cm³/mol. The minimum absolute atomic E-state index is 0.0114. The van der Waals surface area contributed by atoms with E-state index in [0.29, 0.717) is 11.8 Å². The second-order valence-electron chi connectivity index (χ2n) is 6.61. The zero-order valence-electron chi connectivity index (χ0n) is 15.7. The van der Waals surface area contributed by atoms with Crippen LogP contribution in [-0.2, 0) is 4.79 Å². The number of nitrogens with one attached hydrogen (secondary N) is 1. The molecule has 0 radical (unpaired) electrons. The minimum atomic E-state index is -0.137. The second-order valence-corrected chi connectivity index (χ2v) is 6.61. The summed E-state index contributed by atoms with van der Waals surface area (Å²) in [6.45, 7) is 8.71. The first-order valence-electron chi connectivity index (χ1n) is 9.16. The van der Waals surface area contributed by atoms with E-state index in [-0.39, 0.29) is 12.5 Å². The van der Waals surface area contributed by atoms with Crippen LogP contribution in [0.1, 0.15) is 63.5 Å². The van der Waals surface area contributed by atoms with Gasteiger partial charge < -0.3 is 10.1 Å². The lowest BCUT2D eigenvalue weighted by Gasteiger charge is -2.16. The minimum Gasteiger partial charge on any atom is -0.484 e. The topological polar surface area (TPSA) is 38.3 Å². The van der Waals surface area contributed by atoms with Gasteiger partial charge in [0.05, 0.1) is 0 Å². The zero-order chi connectivity index (χ0) is 18.2. The number of carbonyl (C=O) groups is 1. The van der Waals surface area contributed by atoms with Gasteiger partial charge in [0.1, 0.15) is 5.75 Å². The van der Waals surface area contributed by atoms with Gasteiger partial charge in [-0.05, 0) is 54.0 Å². The molecule has 0 bridgehead atoms. The maximum Gasteiger partial charge on any atom is 0.262 e. The first kappa shape index (κ1) is 19.0. The van der Waals surface area contributed by atoms with E-state index in [4.69, 9.17) is 4.74 Å². The third kappa shape index (κ3) is 5.35. The first-order chi connectivity index (χ1) is 12.0. The van der Waals surface area contributed by atoms with Crippen molar-refractivity contribution in [3.63, 3.8) is 0 Å². The van der Waals surface area contributed by atoms with Crippen molar-refractivity contribution in [2.75, 3.05) is 11.9 Å². The standard InChI is InChI=1S/C22H29NO2/c1-5-16(3)18-11-13-19(14-12-18)25-15-22(24)23-21-10-8-7-9-20(21)17(4)6-2/h7-14,16-17H,5-6,15H2,1-4H3,(H,23,24)/t16-,17-/m0/s1. The van der Waals surface area contributed by atoms with Gasteiger partial charge in [0.2, 0.25) is 0 Å². The Balaban J connectivity index is 1.93. The van der Waals surface area contributed by atoms with E-state index in [1.165, 1.54) is 5.56 Å². The fraction of sp³-hybridized carbons (Fsp3) is 0.409. The highest BCUT2D eigenvalue weighted by Gasteiger charge is 2.11. The normalized spacial score (nSPS) is 13.1. The molecule has 0 aromatic heterocycles. The van der Waals surface area contributed by atoms with Gasteiger partial charge in [-0.15, -0.1) is 0 Å². The number of hydrogen-bond acceptors (Lipinski definition) is 2. The van der Waals surface area contributed by atoms with E-state index < -0.39 is 0 Å². The lowest BCUT2D eigenvalue weighted by molar-refractivity contribution is -0.118.